The summed E-state index contributed by atoms with van der Waals surface area (Å²) < 4.78 is 70.3. The van der Waals surface area contributed by atoms with E-state index in [0.717, 1.165) is 24.4 Å². The highest BCUT2D eigenvalue weighted by Gasteiger charge is 2.15. The number of carbonyl (C=O) groups is 1. The Hall–Kier alpha value is -3.36. The molecule has 0 spiro atoms. The Morgan fingerprint density at radius 2 is 1.70 bits per heavy atom. The molecule has 0 radical (unpaired) electrons. The Kier molecular flexibility index (Phi) is 5.84. The van der Waals surface area contributed by atoms with Crippen molar-refractivity contribution in [1.82, 2.24) is 0 Å². The molecule has 0 aromatic heterocycles. The molecule has 0 unspecified atom stereocenters. The third-order valence-electron chi connectivity index (χ3n) is 3.18. The molecule has 0 saturated carbocycles. The SMILES string of the molecule is N#C/C(=C/Nc1ccc(F)c(F)c1F)C(=O)Nc1ccc(S(=O)(=O)O)cc1. The van der Waals surface area contributed by atoms with Crippen molar-refractivity contribution in [2.75, 3.05) is 10.6 Å². The second kappa shape index (κ2) is 7.90. The van der Waals surface area contributed by atoms with Crippen LogP contribution in [0.15, 0.2) is 53.1 Å². The van der Waals surface area contributed by atoms with E-state index in [1.807, 2.05) is 0 Å². The lowest BCUT2D eigenvalue weighted by Crippen LogP contribution is -2.15. The van der Waals surface area contributed by atoms with Gasteiger partial charge in [-0.1, -0.05) is 0 Å². The fourth-order valence-corrected chi connectivity index (χ4v) is 2.32. The van der Waals surface area contributed by atoms with Crippen molar-refractivity contribution < 1.29 is 30.9 Å². The Labute approximate surface area is 151 Å². The van der Waals surface area contributed by atoms with E-state index in [4.69, 9.17) is 9.81 Å². The highest BCUT2D eigenvalue weighted by Crippen LogP contribution is 2.20. The molecular weight excluding hydrogens is 387 g/mol. The third kappa shape index (κ3) is 4.84. The highest BCUT2D eigenvalue weighted by molar-refractivity contribution is 7.85. The molecular formula is C16H10F3N3O4S. The van der Waals surface area contributed by atoms with Gasteiger partial charge in [-0.25, -0.2) is 13.2 Å². The van der Waals surface area contributed by atoms with Crippen LogP contribution in [0, 0.1) is 28.8 Å². The summed E-state index contributed by atoms with van der Waals surface area (Å²) >= 11 is 0. The van der Waals surface area contributed by atoms with Crippen LogP contribution in [0.3, 0.4) is 0 Å². The van der Waals surface area contributed by atoms with Crippen LogP contribution in [0.25, 0.3) is 0 Å². The van der Waals surface area contributed by atoms with Crippen LogP contribution in [0.5, 0.6) is 0 Å². The first kappa shape index (κ1) is 20.0. The summed E-state index contributed by atoms with van der Waals surface area (Å²) in [5, 5.41) is 13.5. The quantitative estimate of drug-likeness (QED) is 0.309. The Morgan fingerprint density at radius 3 is 2.26 bits per heavy atom. The van der Waals surface area contributed by atoms with Gasteiger partial charge in [0.25, 0.3) is 16.0 Å². The predicted octanol–water partition coefficient (Wildman–Crippen LogP) is 2.81. The molecule has 1 amide bonds. The molecule has 11 heteroatoms. The summed E-state index contributed by atoms with van der Waals surface area (Å²) in [6, 6.07) is 7.46. The normalized spacial score (nSPS) is 11.6. The van der Waals surface area contributed by atoms with E-state index in [1.165, 1.54) is 18.2 Å². The number of amides is 1. The molecule has 0 bridgehead atoms. The van der Waals surface area contributed by atoms with Crippen molar-refractivity contribution in [3.63, 3.8) is 0 Å². The molecule has 0 aliphatic carbocycles. The van der Waals surface area contributed by atoms with E-state index in [2.05, 4.69) is 10.6 Å². The van der Waals surface area contributed by atoms with Crippen molar-refractivity contribution >= 4 is 27.4 Å². The molecule has 7 nitrogen and oxygen atoms in total. The minimum atomic E-state index is -4.40. The van der Waals surface area contributed by atoms with Gasteiger partial charge in [0.2, 0.25) is 0 Å². The zero-order valence-corrected chi connectivity index (χ0v) is 14.0. The van der Waals surface area contributed by atoms with Gasteiger partial charge < -0.3 is 10.6 Å². The molecule has 2 aromatic rings. The van der Waals surface area contributed by atoms with Gasteiger partial charge in [0, 0.05) is 11.9 Å². The molecule has 3 N–H and O–H groups in total. The third-order valence-corrected chi connectivity index (χ3v) is 4.05. The fraction of sp³-hybridized carbons (Fsp3) is 0. The molecule has 0 aliphatic rings. The van der Waals surface area contributed by atoms with Gasteiger partial charge in [-0.05, 0) is 36.4 Å². The van der Waals surface area contributed by atoms with E-state index in [0.29, 0.717) is 6.07 Å². The number of nitrogens with zero attached hydrogens (tertiary/aromatic N) is 1. The summed E-state index contributed by atoms with van der Waals surface area (Å²) in [6.07, 6.45) is 0.789. The first-order valence-corrected chi connectivity index (χ1v) is 8.46. The first-order chi connectivity index (χ1) is 12.6. The van der Waals surface area contributed by atoms with Gasteiger partial charge in [0.05, 0.1) is 10.6 Å². The van der Waals surface area contributed by atoms with Crippen LogP contribution in [-0.4, -0.2) is 18.9 Å². The van der Waals surface area contributed by atoms with Crippen LogP contribution in [0.1, 0.15) is 0 Å². The predicted molar refractivity (Wildman–Crippen MR) is 88.5 cm³/mol. The number of carbonyl (C=O) groups excluding carboxylic acids is 1. The number of hydrogen-bond donors (Lipinski definition) is 3. The van der Waals surface area contributed by atoms with Crippen molar-refractivity contribution in [1.29, 1.82) is 5.26 Å². The summed E-state index contributed by atoms with van der Waals surface area (Å²) in [6.45, 7) is 0. The second-order valence-electron chi connectivity index (χ2n) is 4.99. The summed E-state index contributed by atoms with van der Waals surface area (Å²) in [4.78, 5) is 11.6. The number of halogens is 3. The van der Waals surface area contributed by atoms with Crippen molar-refractivity contribution in [2.45, 2.75) is 4.90 Å². The lowest BCUT2D eigenvalue weighted by molar-refractivity contribution is -0.112. The van der Waals surface area contributed by atoms with Gasteiger partial charge in [0.1, 0.15) is 11.6 Å². The molecule has 0 saturated heterocycles. The molecule has 2 rings (SSSR count). The maximum Gasteiger partial charge on any atom is 0.294 e. The first-order valence-electron chi connectivity index (χ1n) is 7.02. The van der Waals surface area contributed by atoms with E-state index in [9.17, 15) is 26.4 Å². The average molecular weight is 397 g/mol. The van der Waals surface area contributed by atoms with Crippen LogP contribution >= 0.6 is 0 Å². The zero-order chi connectivity index (χ0) is 20.2. The van der Waals surface area contributed by atoms with Gasteiger partial charge in [-0.3, -0.25) is 9.35 Å². The fourth-order valence-electron chi connectivity index (χ4n) is 1.84. The Balaban J connectivity index is 2.15. The minimum absolute atomic E-state index is 0.104. The highest BCUT2D eigenvalue weighted by atomic mass is 32.2. The van der Waals surface area contributed by atoms with Crippen LogP contribution in [-0.2, 0) is 14.9 Å². The molecule has 2 aromatic carbocycles. The number of anilines is 2. The number of nitriles is 1. The van der Waals surface area contributed by atoms with Crippen molar-refractivity contribution in [3.05, 3.63) is 65.6 Å². The van der Waals surface area contributed by atoms with E-state index in [-0.39, 0.29) is 5.69 Å². The standard InChI is InChI=1S/C16H10F3N3O4S/c17-12-5-6-13(15(19)14(12)18)21-8-9(7-20)16(23)22-10-1-3-11(4-2-10)27(24,25)26/h1-6,8,21H,(H,22,23)(H,24,25,26)/b9-8-. The molecule has 140 valence electrons. The number of nitrogens with one attached hydrogen (secondary N) is 2. The number of benzene rings is 2. The zero-order valence-electron chi connectivity index (χ0n) is 13.2. The lowest BCUT2D eigenvalue weighted by Gasteiger charge is -2.07. The summed E-state index contributed by atoms with van der Waals surface area (Å²) in [5.41, 5.74) is -0.919. The second-order valence-corrected chi connectivity index (χ2v) is 6.41. The van der Waals surface area contributed by atoms with Crippen LogP contribution in [0.2, 0.25) is 0 Å². The maximum absolute atomic E-state index is 13.5. The van der Waals surface area contributed by atoms with Gasteiger partial charge >= 0.3 is 0 Å². The average Bonchev–Trinajstić information content (AvgIpc) is 2.61. The van der Waals surface area contributed by atoms with E-state index >= 15 is 0 Å². The minimum Gasteiger partial charge on any atom is -0.358 e. The van der Waals surface area contributed by atoms with Gasteiger partial charge in [-0.15, -0.1) is 0 Å². The Bertz CT molecular complexity index is 1060. The van der Waals surface area contributed by atoms with E-state index in [1.54, 1.807) is 0 Å². The summed E-state index contributed by atoms with van der Waals surface area (Å²) in [7, 11) is -4.40. The van der Waals surface area contributed by atoms with Crippen LogP contribution in [0.4, 0.5) is 24.5 Å². The molecule has 0 atom stereocenters. The van der Waals surface area contributed by atoms with Crippen molar-refractivity contribution in [2.24, 2.45) is 0 Å². The number of rotatable bonds is 5. The topological polar surface area (TPSA) is 119 Å². The molecule has 27 heavy (non-hydrogen) atoms. The Morgan fingerprint density at radius 1 is 1.07 bits per heavy atom. The van der Waals surface area contributed by atoms with E-state index < -0.39 is 49.6 Å². The molecule has 0 fully saturated rings. The van der Waals surface area contributed by atoms with Crippen molar-refractivity contribution in [3.8, 4) is 6.07 Å². The maximum atomic E-state index is 13.5. The molecule has 0 aliphatic heterocycles. The van der Waals surface area contributed by atoms with Crippen LogP contribution < -0.4 is 10.6 Å². The lowest BCUT2D eigenvalue weighted by atomic mass is 10.2. The smallest absolute Gasteiger partial charge is 0.294 e. The molecule has 0 heterocycles. The largest absolute Gasteiger partial charge is 0.358 e. The summed E-state index contributed by atoms with van der Waals surface area (Å²) in [5.74, 6) is -5.57. The van der Waals surface area contributed by atoms with Gasteiger partial charge in [-0.2, -0.15) is 13.7 Å². The number of hydrogen-bond acceptors (Lipinski definition) is 5. The monoisotopic (exact) mass is 397 g/mol. The van der Waals surface area contributed by atoms with Gasteiger partial charge in [0.15, 0.2) is 17.5 Å².